The second-order valence-corrected chi connectivity index (χ2v) is 7.87. The maximum atomic E-state index is 12.9. The predicted octanol–water partition coefficient (Wildman–Crippen LogP) is 5.01. The average Bonchev–Trinajstić information content (AvgIpc) is 2.72. The van der Waals surface area contributed by atoms with E-state index in [9.17, 15) is 4.79 Å². The Balaban J connectivity index is 1.57. The van der Waals surface area contributed by atoms with Crippen LogP contribution in [0.15, 0.2) is 77.0 Å². The average molecular weight is 435 g/mol. The molecule has 0 atom stereocenters. The number of benzene rings is 2. The third-order valence-electron chi connectivity index (χ3n) is 5.01. The van der Waals surface area contributed by atoms with Crippen LogP contribution in [0.2, 0.25) is 0 Å². The van der Waals surface area contributed by atoms with E-state index in [0.29, 0.717) is 0 Å². The second-order valence-electron chi connectivity index (χ2n) is 6.96. The summed E-state index contributed by atoms with van der Waals surface area (Å²) >= 11 is 3.47. The molecule has 4 heteroatoms. The highest BCUT2D eigenvalue weighted by Crippen LogP contribution is 2.29. The van der Waals surface area contributed by atoms with Crippen molar-refractivity contribution in [1.82, 2.24) is 0 Å². The van der Waals surface area contributed by atoms with Gasteiger partial charge in [-0.2, -0.15) is 0 Å². The molecule has 0 N–H and O–H groups in total. The number of aryl methyl sites for hydroxylation is 1. The largest absolute Gasteiger partial charge is 0.497 e. The van der Waals surface area contributed by atoms with Crippen LogP contribution in [-0.4, -0.2) is 12.9 Å². The third-order valence-corrected chi connectivity index (χ3v) is 5.54. The fourth-order valence-electron chi connectivity index (χ4n) is 3.55. The molecule has 0 aliphatic heterocycles. The molecule has 0 saturated carbocycles. The van der Waals surface area contributed by atoms with Gasteiger partial charge in [-0.25, -0.2) is 4.57 Å². The Morgan fingerprint density at radius 1 is 1.11 bits per heavy atom. The van der Waals surface area contributed by atoms with Crippen LogP contribution in [0.25, 0.3) is 6.08 Å². The normalized spacial score (nSPS) is 14.8. The summed E-state index contributed by atoms with van der Waals surface area (Å²) in [5.41, 5.74) is 4.99. The second kappa shape index (κ2) is 8.11. The molecule has 0 unspecified atom stereocenters. The number of methoxy groups -OCH3 is 1. The Kier molecular flexibility index (Phi) is 5.40. The Bertz CT molecular complexity index is 1050. The van der Waals surface area contributed by atoms with E-state index in [2.05, 4.69) is 51.0 Å². The first-order valence-corrected chi connectivity index (χ1v) is 10.1. The molecular formula is C24H21BrNO2+. The lowest BCUT2D eigenvalue weighted by molar-refractivity contribution is -0.688. The summed E-state index contributed by atoms with van der Waals surface area (Å²) < 4.78 is 8.49. The number of ether oxygens (including phenoxy) is 1. The highest BCUT2D eigenvalue weighted by atomic mass is 79.9. The summed E-state index contributed by atoms with van der Waals surface area (Å²) in [6.07, 6.45) is 7.77. The smallest absolute Gasteiger partial charge is 0.189 e. The number of rotatable bonds is 4. The first kappa shape index (κ1) is 18.6. The van der Waals surface area contributed by atoms with Crippen LogP contribution >= 0.6 is 15.9 Å². The van der Waals surface area contributed by atoms with Crippen molar-refractivity contribution in [3.63, 3.8) is 0 Å². The van der Waals surface area contributed by atoms with E-state index in [4.69, 9.17) is 4.74 Å². The maximum Gasteiger partial charge on any atom is 0.189 e. The number of allylic oxidation sites excluding steroid dienone is 1. The molecule has 140 valence electrons. The Morgan fingerprint density at radius 2 is 1.93 bits per heavy atom. The van der Waals surface area contributed by atoms with Crippen molar-refractivity contribution in [3.05, 3.63) is 99.3 Å². The quantitative estimate of drug-likeness (QED) is 0.426. The topological polar surface area (TPSA) is 30.2 Å². The molecule has 3 nitrogen and oxygen atoms in total. The lowest BCUT2D eigenvalue weighted by atomic mass is 9.86. The minimum absolute atomic E-state index is 0.118. The van der Waals surface area contributed by atoms with E-state index in [1.54, 1.807) is 7.11 Å². The molecule has 0 radical (unpaired) electrons. The van der Waals surface area contributed by atoms with Crippen molar-refractivity contribution in [3.8, 4) is 5.75 Å². The number of aromatic nitrogens is 1. The molecule has 1 heterocycles. The number of Topliss-reactive ketones (excluding diaryl/α,β-unsaturated/α-hetero) is 1. The van der Waals surface area contributed by atoms with E-state index in [1.807, 2.05) is 42.6 Å². The van der Waals surface area contributed by atoms with Gasteiger partial charge in [0, 0.05) is 32.8 Å². The zero-order chi connectivity index (χ0) is 19.5. The van der Waals surface area contributed by atoms with Crippen LogP contribution in [-0.2, 0) is 13.0 Å². The van der Waals surface area contributed by atoms with E-state index in [0.717, 1.165) is 51.9 Å². The molecule has 1 aromatic heterocycles. The summed E-state index contributed by atoms with van der Waals surface area (Å²) in [6, 6.07) is 18.1. The number of fused-ring (bicyclic) bond motifs is 1. The fourth-order valence-corrected chi connectivity index (χ4v) is 3.81. The lowest BCUT2D eigenvalue weighted by Crippen LogP contribution is -2.33. The maximum absolute atomic E-state index is 12.9. The molecule has 2 aromatic carbocycles. The van der Waals surface area contributed by atoms with Crippen LogP contribution in [0, 0.1) is 0 Å². The summed E-state index contributed by atoms with van der Waals surface area (Å²) in [5.74, 6) is 0.920. The van der Waals surface area contributed by atoms with Crippen LogP contribution in [0.5, 0.6) is 5.75 Å². The number of hydrogen-bond acceptors (Lipinski definition) is 2. The van der Waals surface area contributed by atoms with Crippen molar-refractivity contribution in [1.29, 1.82) is 0 Å². The van der Waals surface area contributed by atoms with Gasteiger partial charge in [0.15, 0.2) is 24.7 Å². The standard InChI is InChI=1S/C24H21BrNO2/c1-28-22-10-11-23-19(14-22)6-7-20(24(23)27)13-18-3-2-12-26(16-18)15-17-4-8-21(25)9-5-17/h2-5,8-14,16H,6-7,15H2,1H3/q+1/b20-13+. The molecular weight excluding hydrogens is 414 g/mol. The first-order chi connectivity index (χ1) is 13.6. The lowest BCUT2D eigenvalue weighted by Gasteiger charge is -2.18. The number of carbonyl (C=O) groups is 1. The predicted molar refractivity (Wildman–Crippen MR) is 114 cm³/mol. The van der Waals surface area contributed by atoms with E-state index in [1.165, 1.54) is 5.56 Å². The van der Waals surface area contributed by atoms with Gasteiger partial charge in [-0.1, -0.05) is 28.1 Å². The van der Waals surface area contributed by atoms with Crippen molar-refractivity contribution < 1.29 is 14.1 Å². The van der Waals surface area contributed by atoms with Gasteiger partial charge in [-0.05, 0) is 60.9 Å². The fraction of sp³-hybridized carbons (Fsp3) is 0.167. The molecule has 0 saturated heterocycles. The van der Waals surface area contributed by atoms with Gasteiger partial charge < -0.3 is 4.74 Å². The monoisotopic (exact) mass is 434 g/mol. The third kappa shape index (κ3) is 4.07. The Labute approximate surface area is 173 Å². The van der Waals surface area contributed by atoms with Gasteiger partial charge in [0.1, 0.15) is 5.75 Å². The van der Waals surface area contributed by atoms with Gasteiger partial charge in [-0.3, -0.25) is 4.79 Å². The Hall–Kier alpha value is -2.72. The summed E-state index contributed by atoms with van der Waals surface area (Å²) in [5, 5.41) is 0. The van der Waals surface area contributed by atoms with E-state index < -0.39 is 0 Å². The molecule has 28 heavy (non-hydrogen) atoms. The van der Waals surface area contributed by atoms with Crippen LogP contribution < -0.4 is 9.30 Å². The molecule has 0 fully saturated rings. The molecule has 0 amide bonds. The first-order valence-electron chi connectivity index (χ1n) is 9.28. The van der Waals surface area contributed by atoms with Gasteiger partial charge >= 0.3 is 0 Å². The number of hydrogen-bond donors (Lipinski definition) is 0. The van der Waals surface area contributed by atoms with E-state index in [-0.39, 0.29) is 5.78 Å². The van der Waals surface area contributed by atoms with Crippen LogP contribution in [0.1, 0.15) is 33.5 Å². The zero-order valence-corrected chi connectivity index (χ0v) is 17.3. The van der Waals surface area contributed by atoms with Crippen molar-refractivity contribution in [2.45, 2.75) is 19.4 Å². The highest BCUT2D eigenvalue weighted by molar-refractivity contribution is 9.10. The van der Waals surface area contributed by atoms with Gasteiger partial charge in [0.25, 0.3) is 0 Å². The highest BCUT2D eigenvalue weighted by Gasteiger charge is 2.22. The zero-order valence-electron chi connectivity index (χ0n) is 15.7. The summed E-state index contributed by atoms with van der Waals surface area (Å²) in [7, 11) is 1.65. The molecule has 1 aliphatic carbocycles. The van der Waals surface area contributed by atoms with Gasteiger partial charge in [0.05, 0.1) is 7.11 Å². The minimum atomic E-state index is 0.118. The number of ketones is 1. The van der Waals surface area contributed by atoms with Crippen molar-refractivity contribution in [2.75, 3.05) is 7.11 Å². The Morgan fingerprint density at radius 3 is 2.71 bits per heavy atom. The molecule has 3 aromatic rings. The minimum Gasteiger partial charge on any atom is -0.497 e. The molecule has 1 aliphatic rings. The molecule has 4 rings (SSSR count). The summed E-state index contributed by atoms with van der Waals surface area (Å²) in [6.45, 7) is 0.793. The number of carbonyl (C=O) groups excluding carboxylic acids is 1. The number of halogens is 1. The van der Waals surface area contributed by atoms with Gasteiger partial charge in [0.2, 0.25) is 0 Å². The summed E-state index contributed by atoms with van der Waals surface area (Å²) in [4.78, 5) is 12.9. The van der Waals surface area contributed by atoms with Crippen LogP contribution in [0.4, 0.5) is 0 Å². The van der Waals surface area contributed by atoms with E-state index >= 15 is 0 Å². The van der Waals surface area contributed by atoms with Crippen molar-refractivity contribution in [2.24, 2.45) is 0 Å². The van der Waals surface area contributed by atoms with Crippen molar-refractivity contribution >= 4 is 27.8 Å². The van der Waals surface area contributed by atoms with Crippen LogP contribution in [0.3, 0.4) is 0 Å². The number of nitrogens with zero attached hydrogens (tertiary/aromatic N) is 1. The SMILES string of the molecule is COc1ccc2c(c1)CC/C(=C\c1ccc[n+](Cc3ccc(Br)cc3)c1)C2=O. The number of pyridine rings is 1. The van der Waals surface area contributed by atoms with Gasteiger partial charge in [-0.15, -0.1) is 0 Å². The molecule has 0 bridgehead atoms. The molecule has 0 spiro atoms.